The molecule has 0 fully saturated rings. The molecule has 0 bridgehead atoms. The predicted molar refractivity (Wildman–Crippen MR) is 109 cm³/mol. The van der Waals surface area contributed by atoms with Gasteiger partial charge in [-0.2, -0.15) is 5.26 Å². The molecule has 0 atom stereocenters. The van der Waals surface area contributed by atoms with Crippen molar-refractivity contribution in [3.8, 4) is 17.5 Å². The number of amides is 1. The molecule has 1 N–H and O–H groups in total. The first kappa shape index (κ1) is 19.2. The van der Waals surface area contributed by atoms with E-state index in [1.807, 2.05) is 28.8 Å². The van der Waals surface area contributed by atoms with Crippen LogP contribution in [-0.2, 0) is 11.3 Å². The first-order valence-electron chi connectivity index (χ1n) is 7.83. The highest BCUT2D eigenvalue weighted by molar-refractivity contribution is 7.99. The lowest BCUT2D eigenvalue weighted by molar-refractivity contribution is -0.113. The summed E-state index contributed by atoms with van der Waals surface area (Å²) >= 11 is 8.85. The van der Waals surface area contributed by atoms with E-state index >= 15 is 0 Å². The van der Waals surface area contributed by atoms with Crippen molar-refractivity contribution >= 4 is 45.6 Å². The van der Waals surface area contributed by atoms with Gasteiger partial charge in [-0.1, -0.05) is 41.6 Å². The van der Waals surface area contributed by atoms with Crippen molar-refractivity contribution in [2.24, 2.45) is 0 Å². The molecular weight excluding hydrogens is 402 g/mol. The predicted octanol–water partition coefficient (Wildman–Crippen LogP) is 4.45. The summed E-state index contributed by atoms with van der Waals surface area (Å²) in [7, 11) is 0. The van der Waals surface area contributed by atoms with Gasteiger partial charge in [-0.3, -0.25) is 9.36 Å². The van der Waals surface area contributed by atoms with Crippen LogP contribution < -0.4 is 5.32 Å². The molecule has 0 spiro atoms. The number of carbonyl (C=O) groups excluding carboxylic acids is 1. The van der Waals surface area contributed by atoms with Crippen LogP contribution in [-0.4, -0.2) is 26.4 Å². The van der Waals surface area contributed by atoms with Gasteiger partial charge in [-0.05, 0) is 23.6 Å². The standard InChI is InChI=1S/C18H14ClN5OS2/c1-2-8-24-16(13-5-3-4-6-14(13)19)22-23-18(24)27-11-15(25)21-17-12(10-20)7-9-26-17/h2-7,9H,1,8,11H2,(H,21,25). The minimum atomic E-state index is -0.216. The number of nitrogens with one attached hydrogen (secondary N) is 1. The molecule has 0 unspecified atom stereocenters. The Morgan fingerprint density at radius 3 is 2.96 bits per heavy atom. The van der Waals surface area contributed by atoms with Crippen molar-refractivity contribution in [3.05, 3.63) is 59.0 Å². The highest BCUT2D eigenvalue weighted by atomic mass is 35.5. The molecule has 1 amide bonds. The van der Waals surface area contributed by atoms with Gasteiger partial charge in [0.25, 0.3) is 0 Å². The molecule has 0 aliphatic heterocycles. The molecule has 0 radical (unpaired) electrons. The number of thiophene rings is 1. The average Bonchev–Trinajstić information content (AvgIpc) is 3.27. The van der Waals surface area contributed by atoms with Gasteiger partial charge in [0.2, 0.25) is 5.91 Å². The van der Waals surface area contributed by atoms with Crippen LogP contribution in [0.1, 0.15) is 5.56 Å². The molecule has 27 heavy (non-hydrogen) atoms. The number of carbonyl (C=O) groups is 1. The largest absolute Gasteiger partial charge is 0.316 e. The Bertz CT molecular complexity index is 1020. The van der Waals surface area contributed by atoms with Crippen LogP contribution in [0, 0.1) is 11.3 Å². The summed E-state index contributed by atoms with van der Waals surface area (Å²) in [5.74, 6) is 0.542. The zero-order chi connectivity index (χ0) is 19.2. The Morgan fingerprint density at radius 1 is 1.41 bits per heavy atom. The van der Waals surface area contributed by atoms with E-state index in [4.69, 9.17) is 16.9 Å². The molecule has 0 aliphatic rings. The fourth-order valence-electron chi connectivity index (χ4n) is 2.32. The highest BCUT2D eigenvalue weighted by Crippen LogP contribution is 2.29. The van der Waals surface area contributed by atoms with E-state index in [2.05, 4.69) is 22.1 Å². The number of anilines is 1. The van der Waals surface area contributed by atoms with Gasteiger partial charge in [0.15, 0.2) is 11.0 Å². The van der Waals surface area contributed by atoms with E-state index in [9.17, 15) is 4.79 Å². The zero-order valence-corrected chi connectivity index (χ0v) is 16.4. The molecule has 3 rings (SSSR count). The number of nitrogens with zero attached hydrogens (tertiary/aromatic N) is 4. The quantitative estimate of drug-likeness (QED) is 0.455. The van der Waals surface area contributed by atoms with Crippen LogP contribution in [0.15, 0.2) is 53.5 Å². The number of benzene rings is 1. The Kier molecular flexibility index (Phi) is 6.29. The third kappa shape index (κ3) is 4.39. The average molecular weight is 416 g/mol. The number of hydrogen-bond acceptors (Lipinski definition) is 6. The molecule has 136 valence electrons. The van der Waals surface area contributed by atoms with Gasteiger partial charge in [0, 0.05) is 12.1 Å². The number of rotatable bonds is 7. The maximum atomic E-state index is 12.2. The van der Waals surface area contributed by atoms with Gasteiger partial charge in [-0.15, -0.1) is 28.1 Å². The molecule has 9 heteroatoms. The van der Waals surface area contributed by atoms with Crippen LogP contribution in [0.2, 0.25) is 5.02 Å². The van der Waals surface area contributed by atoms with Crippen LogP contribution in [0.5, 0.6) is 0 Å². The van der Waals surface area contributed by atoms with Crippen molar-refractivity contribution in [2.45, 2.75) is 11.7 Å². The third-order valence-electron chi connectivity index (χ3n) is 3.51. The number of nitriles is 1. The van der Waals surface area contributed by atoms with Crippen LogP contribution in [0.25, 0.3) is 11.4 Å². The Hall–Kier alpha value is -2.60. The van der Waals surface area contributed by atoms with E-state index in [-0.39, 0.29) is 11.7 Å². The molecule has 0 saturated carbocycles. The molecular formula is C18H14ClN5OS2. The second-order valence-corrected chi connectivity index (χ2v) is 7.56. The van der Waals surface area contributed by atoms with Gasteiger partial charge in [0.1, 0.15) is 11.1 Å². The summed E-state index contributed by atoms with van der Waals surface area (Å²) in [5.41, 5.74) is 1.22. The normalized spacial score (nSPS) is 10.4. The SMILES string of the molecule is C=CCn1c(SCC(=O)Nc2sccc2C#N)nnc1-c1ccccc1Cl. The van der Waals surface area contributed by atoms with Crippen LogP contribution >= 0.6 is 34.7 Å². The van der Waals surface area contributed by atoms with Crippen molar-refractivity contribution < 1.29 is 4.79 Å². The fraction of sp³-hybridized carbons (Fsp3) is 0.111. The summed E-state index contributed by atoms with van der Waals surface area (Å²) in [6.45, 7) is 4.26. The smallest absolute Gasteiger partial charge is 0.235 e. The van der Waals surface area contributed by atoms with Crippen molar-refractivity contribution in [1.29, 1.82) is 5.26 Å². The second-order valence-electron chi connectivity index (χ2n) is 5.30. The monoisotopic (exact) mass is 415 g/mol. The summed E-state index contributed by atoms with van der Waals surface area (Å²) in [6, 6.07) is 11.1. The number of aromatic nitrogens is 3. The van der Waals surface area contributed by atoms with E-state index < -0.39 is 0 Å². The van der Waals surface area contributed by atoms with Gasteiger partial charge in [0.05, 0.1) is 16.3 Å². The number of halogens is 1. The first-order chi connectivity index (χ1) is 13.1. The topological polar surface area (TPSA) is 83.6 Å². The Labute approximate surface area is 169 Å². The van der Waals surface area contributed by atoms with Gasteiger partial charge in [-0.25, -0.2) is 0 Å². The number of thioether (sulfide) groups is 1. The molecule has 0 saturated heterocycles. The minimum absolute atomic E-state index is 0.139. The molecule has 2 heterocycles. The van der Waals surface area contributed by atoms with E-state index in [0.29, 0.717) is 33.1 Å². The van der Waals surface area contributed by atoms with Crippen molar-refractivity contribution in [2.75, 3.05) is 11.1 Å². The summed E-state index contributed by atoms with van der Waals surface area (Å²) in [5, 5.41) is 23.7. The molecule has 2 aromatic heterocycles. The summed E-state index contributed by atoms with van der Waals surface area (Å²) < 4.78 is 1.86. The van der Waals surface area contributed by atoms with E-state index in [0.717, 1.165) is 5.56 Å². The molecule has 0 aliphatic carbocycles. The Morgan fingerprint density at radius 2 is 2.22 bits per heavy atom. The maximum Gasteiger partial charge on any atom is 0.235 e. The second kappa shape index (κ2) is 8.86. The fourth-order valence-corrected chi connectivity index (χ4v) is 4.04. The van der Waals surface area contributed by atoms with Crippen LogP contribution in [0.4, 0.5) is 5.00 Å². The molecule has 1 aromatic carbocycles. The minimum Gasteiger partial charge on any atom is -0.316 e. The lowest BCUT2D eigenvalue weighted by Crippen LogP contribution is -2.14. The van der Waals surface area contributed by atoms with Crippen molar-refractivity contribution in [1.82, 2.24) is 14.8 Å². The first-order valence-corrected chi connectivity index (χ1v) is 10.1. The zero-order valence-electron chi connectivity index (χ0n) is 14.1. The Balaban J connectivity index is 1.75. The summed E-state index contributed by atoms with van der Waals surface area (Å²) in [6.07, 6.45) is 1.73. The third-order valence-corrected chi connectivity index (χ3v) is 5.64. The maximum absolute atomic E-state index is 12.2. The van der Waals surface area contributed by atoms with E-state index in [1.54, 1.807) is 23.6 Å². The van der Waals surface area contributed by atoms with Crippen molar-refractivity contribution in [3.63, 3.8) is 0 Å². The number of allylic oxidation sites excluding steroid dienone is 1. The molecule has 6 nitrogen and oxygen atoms in total. The lowest BCUT2D eigenvalue weighted by atomic mass is 10.2. The lowest BCUT2D eigenvalue weighted by Gasteiger charge is -2.09. The van der Waals surface area contributed by atoms with Gasteiger partial charge >= 0.3 is 0 Å². The highest BCUT2D eigenvalue weighted by Gasteiger charge is 2.17. The van der Waals surface area contributed by atoms with Gasteiger partial charge < -0.3 is 5.32 Å². The molecule has 3 aromatic rings. The van der Waals surface area contributed by atoms with E-state index in [1.165, 1.54) is 23.1 Å². The summed E-state index contributed by atoms with van der Waals surface area (Å²) in [4.78, 5) is 12.2. The number of hydrogen-bond donors (Lipinski definition) is 1. The van der Waals surface area contributed by atoms with Crippen LogP contribution in [0.3, 0.4) is 0 Å².